The molecular weight excluding hydrogens is 733 g/mol. The second-order valence-corrected chi connectivity index (χ2v) is 22.3. The zero-order valence-corrected chi connectivity index (χ0v) is 34.4. The molecular formula is C39H56N2O11SSi. The van der Waals surface area contributed by atoms with E-state index in [-0.39, 0.29) is 31.3 Å². The van der Waals surface area contributed by atoms with Crippen LogP contribution in [0.2, 0.25) is 5.04 Å². The van der Waals surface area contributed by atoms with Crippen molar-refractivity contribution in [3.63, 3.8) is 0 Å². The summed E-state index contributed by atoms with van der Waals surface area (Å²) in [5.74, 6) is -3.83. The first-order valence-corrected chi connectivity index (χ1v) is 21.5. The summed E-state index contributed by atoms with van der Waals surface area (Å²) in [5, 5.41) is 13.4. The van der Waals surface area contributed by atoms with Gasteiger partial charge in [-0.15, -0.1) is 0 Å². The van der Waals surface area contributed by atoms with Gasteiger partial charge in [-0.25, -0.2) is 4.79 Å². The monoisotopic (exact) mass is 788 g/mol. The molecule has 2 amide bonds. The van der Waals surface area contributed by atoms with E-state index in [0.29, 0.717) is 19.1 Å². The molecule has 0 unspecified atom stereocenters. The third-order valence-corrected chi connectivity index (χ3v) is 15.1. The first-order chi connectivity index (χ1) is 25.1. The van der Waals surface area contributed by atoms with Crippen molar-refractivity contribution in [2.75, 3.05) is 38.7 Å². The normalized spacial score (nSPS) is 17.2. The summed E-state index contributed by atoms with van der Waals surface area (Å²) in [4.78, 5) is 49.9. The molecule has 0 radical (unpaired) electrons. The van der Waals surface area contributed by atoms with E-state index in [0.717, 1.165) is 16.4 Å². The summed E-state index contributed by atoms with van der Waals surface area (Å²) in [5.41, 5.74) is -1.36. The number of nitrogens with one attached hydrogen (secondary N) is 1. The van der Waals surface area contributed by atoms with Crippen LogP contribution >= 0.6 is 0 Å². The first kappa shape index (κ1) is 44.5. The first-order valence-electron chi connectivity index (χ1n) is 18.0. The quantitative estimate of drug-likeness (QED) is 0.0702. The fourth-order valence-corrected chi connectivity index (χ4v) is 11.8. The van der Waals surface area contributed by atoms with Crippen LogP contribution in [-0.2, 0) is 47.4 Å². The van der Waals surface area contributed by atoms with Crippen molar-refractivity contribution < 1.29 is 50.8 Å². The number of hydrogen-bond donors (Lipinski definition) is 2. The molecule has 1 aliphatic rings. The Balaban J connectivity index is 1.58. The van der Waals surface area contributed by atoms with E-state index in [2.05, 4.69) is 50.4 Å². The molecule has 298 valence electrons. The van der Waals surface area contributed by atoms with Crippen LogP contribution in [-0.4, -0.2) is 107 Å². The highest BCUT2D eigenvalue weighted by Gasteiger charge is 2.50. The molecule has 15 heteroatoms. The third kappa shape index (κ3) is 13.1. The molecule has 1 fully saturated rings. The highest BCUT2D eigenvalue weighted by molar-refractivity contribution is 7.86. The van der Waals surface area contributed by atoms with Gasteiger partial charge in [0.1, 0.15) is 18.2 Å². The van der Waals surface area contributed by atoms with Crippen LogP contribution in [0.5, 0.6) is 0 Å². The number of benzene rings is 2. The maximum Gasteiger partial charge on any atom is 0.328 e. The van der Waals surface area contributed by atoms with E-state index < -0.39 is 77.6 Å². The van der Waals surface area contributed by atoms with Crippen molar-refractivity contribution in [3.05, 3.63) is 72.8 Å². The van der Waals surface area contributed by atoms with Gasteiger partial charge in [0.15, 0.2) is 0 Å². The van der Waals surface area contributed by atoms with E-state index in [4.69, 9.17) is 23.2 Å². The topological polar surface area (TPSA) is 175 Å². The van der Waals surface area contributed by atoms with Gasteiger partial charge in [0.2, 0.25) is 11.8 Å². The van der Waals surface area contributed by atoms with Gasteiger partial charge in [-0.3, -0.25) is 18.6 Å². The molecule has 0 saturated carbocycles. The summed E-state index contributed by atoms with van der Waals surface area (Å²) in [6.45, 7) is 15.0. The lowest BCUT2D eigenvalue weighted by Gasteiger charge is -2.43. The summed E-state index contributed by atoms with van der Waals surface area (Å²) in [6.07, 6.45) is 2.01. The Hall–Kier alpha value is -3.89. The molecule has 1 aliphatic heterocycles. The number of likely N-dealkylation sites (tertiary alicyclic amines) is 1. The van der Waals surface area contributed by atoms with E-state index in [1.54, 1.807) is 20.8 Å². The number of ether oxygens (including phenoxy) is 2. The third-order valence-electron chi connectivity index (χ3n) is 8.87. The summed E-state index contributed by atoms with van der Waals surface area (Å²) in [6, 6.07) is 18.8. The SMILES string of the molecule is CC(C)(CCO[Si](c1ccccc1)(c1ccccc1)C(C)(C)C)COS(=O)(=O)CCOC[C@@H]1C[C@H](NC(=O)C=CC(=O)O)C(=O)N1CC(=O)OC(C)(C)C. The van der Waals surface area contributed by atoms with Crippen LogP contribution in [0.25, 0.3) is 0 Å². The molecule has 0 bridgehead atoms. The van der Waals surface area contributed by atoms with Crippen molar-refractivity contribution in [2.45, 2.75) is 91.0 Å². The number of carboxylic acids is 1. The lowest BCUT2D eigenvalue weighted by molar-refractivity contribution is -0.159. The summed E-state index contributed by atoms with van der Waals surface area (Å²) < 4.78 is 49.3. The minimum absolute atomic E-state index is 0.0433. The number of carboxylic acid groups (broad SMARTS) is 1. The Morgan fingerprint density at radius 3 is 2.00 bits per heavy atom. The van der Waals surface area contributed by atoms with Crippen molar-refractivity contribution in [1.29, 1.82) is 0 Å². The Morgan fingerprint density at radius 1 is 0.907 bits per heavy atom. The molecule has 3 rings (SSSR count). The van der Waals surface area contributed by atoms with Crippen LogP contribution in [0.3, 0.4) is 0 Å². The van der Waals surface area contributed by atoms with E-state index in [1.807, 2.05) is 50.2 Å². The van der Waals surface area contributed by atoms with E-state index in [9.17, 15) is 27.6 Å². The second kappa shape index (κ2) is 18.6. The molecule has 2 aromatic rings. The molecule has 2 atom stereocenters. The number of amides is 2. The maximum atomic E-state index is 13.2. The van der Waals surface area contributed by atoms with Crippen molar-refractivity contribution >= 4 is 52.6 Å². The highest BCUT2D eigenvalue weighted by atomic mass is 32.2. The van der Waals surface area contributed by atoms with Gasteiger partial charge < -0.3 is 29.2 Å². The maximum absolute atomic E-state index is 13.2. The molecule has 0 spiro atoms. The van der Waals surface area contributed by atoms with Gasteiger partial charge in [0.05, 0.1) is 31.6 Å². The zero-order chi connectivity index (χ0) is 40.4. The number of nitrogens with zero attached hydrogens (tertiary/aromatic N) is 1. The van der Waals surface area contributed by atoms with Crippen LogP contribution in [0.4, 0.5) is 0 Å². The minimum atomic E-state index is -4.00. The van der Waals surface area contributed by atoms with Gasteiger partial charge >= 0.3 is 11.9 Å². The van der Waals surface area contributed by atoms with E-state index >= 15 is 0 Å². The molecule has 13 nitrogen and oxygen atoms in total. The van der Waals surface area contributed by atoms with Crippen LogP contribution in [0.15, 0.2) is 72.8 Å². The lowest BCUT2D eigenvalue weighted by atomic mass is 9.91. The van der Waals surface area contributed by atoms with Crippen molar-refractivity contribution in [2.24, 2.45) is 5.41 Å². The average molecular weight is 789 g/mol. The molecule has 1 saturated heterocycles. The molecule has 0 aromatic heterocycles. The summed E-state index contributed by atoms with van der Waals surface area (Å²) in [7, 11) is -6.76. The summed E-state index contributed by atoms with van der Waals surface area (Å²) >= 11 is 0. The number of aliphatic carboxylic acids is 1. The van der Waals surface area contributed by atoms with E-state index in [1.165, 1.54) is 4.90 Å². The van der Waals surface area contributed by atoms with Crippen LogP contribution < -0.4 is 15.7 Å². The number of rotatable bonds is 19. The molecule has 1 heterocycles. The van der Waals surface area contributed by atoms with Gasteiger partial charge in [-0.05, 0) is 54.4 Å². The largest absolute Gasteiger partial charge is 0.478 e. The fourth-order valence-electron chi connectivity index (χ4n) is 6.25. The molecule has 2 N–H and O–H groups in total. The second-order valence-electron chi connectivity index (χ2n) is 16.2. The van der Waals surface area contributed by atoms with Gasteiger partial charge in [0.25, 0.3) is 18.4 Å². The smallest absolute Gasteiger partial charge is 0.328 e. The predicted molar refractivity (Wildman–Crippen MR) is 207 cm³/mol. The van der Waals surface area contributed by atoms with Gasteiger partial charge in [0, 0.05) is 18.8 Å². The molecule has 54 heavy (non-hydrogen) atoms. The minimum Gasteiger partial charge on any atom is -0.478 e. The van der Waals surface area contributed by atoms with Gasteiger partial charge in [-0.1, -0.05) is 95.3 Å². The zero-order valence-electron chi connectivity index (χ0n) is 32.6. The Labute approximate surface area is 320 Å². The van der Waals surface area contributed by atoms with Crippen molar-refractivity contribution in [3.8, 4) is 0 Å². The van der Waals surface area contributed by atoms with Gasteiger partial charge in [-0.2, -0.15) is 8.42 Å². The average Bonchev–Trinajstić information content (AvgIpc) is 3.35. The fraction of sp³-hybridized carbons (Fsp3) is 0.538. The number of carbonyl (C=O) groups excluding carboxylic acids is 3. The predicted octanol–water partition coefficient (Wildman–Crippen LogP) is 3.41. The lowest BCUT2D eigenvalue weighted by Crippen LogP contribution is -2.66. The number of carbonyl (C=O) groups is 4. The number of hydrogen-bond acceptors (Lipinski definition) is 10. The van der Waals surface area contributed by atoms with Crippen LogP contribution in [0, 0.1) is 5.41 Å². The Morgan fingerprint density at radius 2 is 1.48 bits per heavy atom. The Bertz CT molecular complexity index is 1680. The van der Waals surface area contributed by atoms with Crippen molar-refractivity contribution in [1.82, 2.24) is 10.2 Å². The molecule has 2 aromatic carbocycles. The Kier molecular flexibility index (Phi) is 15.4. The number of esters is 1. The highest BCUT2D eigenvalue weighted by Crippen LogP contribution is 2.37. The van der Waals surface area contributed by atoms with Crippen LogP contribution in [0.1, 0.15) is 68.2 Å². The molecule has 0 aliphatic carbocycles. The standard InChI is InChI=1S/C39H56N2O11SSi/c1-37(2,3)52-35(45)26-41-29(25-32(36(41)46)40-33(42)19-20-34(43)44)27-49-23-24-53(47,48)50-28-39(7,8)21-22-51-54(38(4,5)6,30-15-11-9-12-16-30)31-17-13-10-14-18-31/h9-20,29,32H,21-28H2,1-8H3,(H,40,42)(H,43,44)/t29-,32-/m0/s1.